The fraction of sp³-hybridized carbons (Fsp3) is 0.400. The molecular weight excluding hydrogens is 418 g/mol. The lowest BCUT2D eigenvalue weighted by atomic mass is 10.0. The van der Waals surface area contributed by atoms with Crippen molar-refractivity contribution in [3.05, 3.63) is 76.5 Å². The van der Waals surface area contributed by atoms with E-state index in [0.29, 0.717) is 0 Å². The summed E-state index contributed by atoms with van der Waals surface area (Å²) in [6, 6.07) is 15.6. The molecule has 0 aliphatic carbocycles. The quantitative estimate of drug-likeness (QED) is 0.539. The van der Waals surface area contributed by atoms with Crippen LogP contribution in [0.1, 0.15) is 37.1 Å². The Bertz CT molecular complexity index is 1160. The van der Waals surface area contributed by atoms with E-state index in [4.69, 9.17) is 4.74 Å². The SMILES string of the molecule is COC(=O)C(c1cccc(C)c1)N1CCN(c2ccc(-n3cnn(C(C)C)c3=O)cc2)CC1. The highest BCUT2D eigenvalue weighted by Crippen LogP contribution is 2.26. The summed E-state index contributed by atoms with van der Waals surface area (Å²) in [5.74, 6) is -0.231. The number of ether oxygens (including phenoxy) is 1. The Morgan fingerprint density at radius 1 is 1.00 bits per heavy atom. The molecule has 2 heterocycles. The highest BCUT2D eigenvalue weighted by Gasteiger charge is 2.31. The van der Waals surface area contributed by atoms with Crippen LogP contribution in [0.4, 0.5) is 5.69 Å². The number of carbonyl (C=O) groups excluding carboxylic acids is 1. The third-order valence-corrected chi connectivity index (χ3v) is 6.14. The van der Waals surface area contributed by atoms with Gasteiger partial charge in [0, 0.05) is 31.9 Å². The smallest absolute Gasteiger partial charge is 0.350 e. The minimum atomic E-state index is -0.399. The fourth-order valence-corrected chi connectivity index (χ4v) is 4.36. The zero-order valence-corrected chi connectivity index (χ0v) is 19.6. The van der Waals surface area contributed by atoms with Crippen molar-refractivity contribution in [2.24, 2.45) is 0 Å². The van der Waals surface area contributed by atoms with Gasteiger partial charge in [0.15, 0.2) is 0 Å². The minimum Gasteiger partial charge on any atom is -0.468 e. The van der Waals surface area contributed by atoms with Gasteiger partial charge in [-0.25, -0.2) is 18.8 Å². The van der Waals surface area contributed by atoms with Crippen LogP contribution in [0.25, 0.3) is 5.69 Å². The molecule has 4 rings (SSSR count). The lowest BCUT2D eigenvalue weighted by Crippen LogP contribution is -2.49. The van der Waals surface area contributed by atoms with Gasteiger partial charge in [-0.2, -0.15) is 5.10 Å². The molecule has 1 fully saturated rings. The first kappa shape index (κ1) is 22.8. The lowest BCUT2D eigenvalue weighted by molar-refractivity contribution is -0.147. The molecule has 0 radical (unpaired) electrons. The maximum Gasteiger partial charge on any atom is 0.350 e. The number of hydrogen-bond donors (Lipinski definition) is 0. The molecule has 2 aromatic carbocycles. The Hall–Kier alpha value is -3.39. The third-order valence-electron chi connectivity index (χ3n) is 6.14. The first-order chi connectivity index (χ1) is 15.9. The molecule has 33 heavy (non-hydrogen) atoms. The van der Waals surface area contributed by atoms with Crippen molar-refractivity contribution < 1.29 is 9.53 Å². The standard InChI is InChI=1S/C25H31N5O3/c1-18(2)30-25(32)29(17-26-30)22-10-8-21(9-11-22)27-12-14-28(15-13-27)23(24(31)33-4)20-7-5-6-19(3)16-20/h5-11,16-18,23H,12-15H2,1-4H3. The second-order valence-corrected chi connectivity index (χ2v) is 8.70. The van der Waals surface area contributed by atoms with Crippen molar-refractivity contribution in [2.45, 2.75) is 32.9 Å². The van der Waals surface area contributed by atoms with E-state index in [9.17, 15) is 9.59 Å². The molecule has 0 amide bonds. The van der Waals surface area contributed by atoms with E-state index in [1.165, 1.54) is 11.8 Å². The fourth-order valence-electron chi connectivity index (χ4n) is 4.36. The second kappa shape index (κ2) is 9.62. The van der Waals surface area contributed by atoms with Crippen molar-refractivity contribution in [3.8, 4) is 5.69 Å². The minimum absolute atomic E-state index is 0.0166. The van der Waals surface area contributed by atoms with Gasteiger partial charge < -0.3 is 9.64 Å². The van der Waals surface area contributed by atoms with E-state index in [-0.39, 0.29) is 17.7 Å². The maximum absolute atomic E-state index is 12.6. The molecule has 1 aliphatic heterocycles. The predicted octanol–water partition coefficient (Wildman–Crippen LogP) is 2.96. The molecule has 1 atom stereocenters. The van der Waals surface area contributed by atoms with Crippen molar-refractivity contribution in [1.82, 2.24) is 19.2 Å². The number of anilines is 1. The van der Waals surface area contributed by atoms with Gasteiger partial charge in [-0.1, -0.05) is 29.8 Å². The zero-order chi connectivity index (χ0) is 23.5. The van der Waals surface area contributed by atoms with Gasteiger partial charge in [-0.15, -0.1) is 0 Å². The number of methoxy groups -OCH3 is 1. The number of piperazine rings is 1. The van der Waals surface area contributed by atoms with E-state index in [0.717, 1.165) is 48.7 Å². The first-order valence-electron chi connectivity index (χ1n) is 11.3. The molecule has 0 saturated carbocycles. The van der Waals surface area contributed by atoms with Gasteiger partial charge in [0.25, 0.3) is 0 Å². The topological polar surface area (TPSA) is 72.6 Å². The van der Waals surface area contributed by atoms with Gasteiger partial charge in [-0.3, -0.25) is 4.90 Å². The molecule has 174 valence electrons. The molecule has 8 heteroatoms. The number of rotatable bonds is 6. The van der Waals surface area contributed by atoms with Gasteiger partial charge in [0.05, 0.1) is 18.8 Å². The molecule has 1 aromatic heterocycles. The van der Waals surface area contributed by atoms with E-state index >= 15 is 0 Å². The molecule has 0 bridgehead atoms. The van der Waals surface area contributed by atoms with Gasteiger partial charge in [0.2, 0.25) is 0 Å². The average Bonchev–Trinajstić information content (AvgIpc) is 3.21. The Balaban J connectivity index is 1.46. The Kier molecular flexibility index (Phi) is 6.65. The van der Waals surface area contributed by atoms with E-state index in [2.05, 4.69) is 21.0 Å². The van der Waals surface area contributed by atoms with Crippen LogP contribution in [0.5, 0.6) is 0 Å². The Morgan fingerprint density at radius 3 is 2.24 bits per heavy atom. The lowest BCUT2D eigenvalue weighted by Gasteiger charge is -2.39. The molecule has 1 aliphatic rings. The Morgan fingerprint density at radius 2 is 1.67 bits per heavy atom. The second-order valence-electron chi connectivity index (χ2n) is 8.70. The number of nitrogens with zero attached hydrogens (tertiary/aromatic N) is 5. The molecule has 3 aromatic rings. The normalized spacial score (nSPS) is 15.6. The van der Waals surface area contributed by atoms with Crippen LogP contribution in [0.2, 0.25) is 0 Å². The molecule has 0 spiro atoms. The molecule has 8 nitrogen and oxygen atoms in total. The number of hydrogen-bond acceptors (Lipinski definition) is 6. The summed E-state index contributed by atoms with van der Waals surface area (Å²) in [6.45, 7) is 8.98. The van der Waals surface area contributed by atoms with E-state index in [1.807, 2.05) is 63.2 Å². The van der Waals surface area contributed by atoms with Crippen molar-refractivity contribution in [3.63, 3.8) is 0 Å². The van der Waals surface area contributed by atoms with Crippen LogP contribution in [0, 0.1) is 6.92 Å². The summed E-state index contributed by atoms with van der Waals surface area (Å²) in [5, 5.41) is 4.19. The third kappa shape index (κ3) is 4.71. The Labute approximate surface area is 194 Å². The number of benzene rings is 2. The number of esters is 1. The van der Waals surface area contributed by atoms with E-state index in [1.54, 1.807) is 10.9 Å². The summed E-state index contributed by atoms with van der Waals surface area (Å²) in [5.41, 5.74) is 3.83. The van der Waals surface area contributed by atoms with Gasteiger partial charge in [0.1, 0.15) is 12.4 Å². The van der Waals surface area contributed by atoms with Crippen LogP contribution in [-0.4, -0.2) is 58.5 Å². The number of carbonyl (C=O) groups is 1. The average molecular weight is 450 g/mol. The summed E-state index contributed by atoms with van der Waals surface area (Å²) in [6.07, 6.45) is 1.56. The van der Waals surface area contributed by atoms with Crippen LogP contribution < -0.4 is 10.6 Å². The maximum atomic E-state index is 12.6. The van der Waals surface area contributed by atoms with Crippen LogP contribution in [0.3, 0.4) is 0 Å². The van der Waals surface area contributed by atoms with E-state index < -0.39 is 6.04 Å². The first-order valence-corrected chi connectivity index (χ1v) is 11.3. The largest absolute Gasteiger partial charge is 0.468 e. The predicted molar refractivity (Wildman–Crippen MR) is 128 cm³/mol. The molecule has 1 saturated heterocycles. The van der Waals surface area contributed by atoms with Crippen molar-refractivity contribution >= 4 is 11.7 Å². The van der Waals surface area contributed by atoms with Crippen LogP contribution >= 0.6 is 0 Å². The summed E-state index contributed by atoms with van der Waals surface area (Å²) >= 11 is 0. The highest BCUT2D eigenvalue weighted by atomic mass is 16.5. The summed E-state index contributed by atoms with van der Waals surface area (Å²) in [4.78, 5) is 29.6. The summed E-state index contributed by atoms with van der Waals surface area (Å²) in [7, 11) is 1.44. The monoisotopic (exact) mass is 449 g/mol. The van der Waals surface area contributed by atoms with Crippen molar-refractivity contribution in [2.75, 3.05) is 38.2 Å². The van der Waals surface area contributed by atoms with Gasteiger partial charge >= 0.3 is 11.7 Å². The summed E-state index contributed by atoms with van der Waals surface area (Å²) < 4.78 is 8.16. The van der Waals surface area contributed by atoms with Crippen LogP contribution in [-0.2, 0) is 9.53 Å². The zero-order valence-electron chi connectivity index (χ0n) is 19.6. The highest BCUT2D eigenvalue weighted by molar-refractivity contribution is 5.77. The van der Waals surface area contributed by atoms with Gasteiger partial charge in [-0.05, 0) is 50.6 Å². The van der Waals surface area contributed by atoms with Crippen LogP contribution in [0.15, 0.2) is 59.7 Å². The van der Waals surface area contributed by atoms with Crippen molar-refractivity contribution in [1.29, 1.82) is 0 Å². The molecule has 1 unspecified atom stereocenters. The molecule has 0 N–H and O–H groups in total. The molecular formula is C25H31N5O3. The number of aryl methyl sites for hydroxylation is 1. The number of aromatic nitrogens is 3.